The lowest BCUT2D eigenvalue weighted by Crippen LogP contribution is -2.45. The van der Waals surface area contributed by atoms with E-state index in [0.717, 1.165) is 19.6 Å². The summed E-state index contributed by atoms with van der Waals surface area (Å²) in [6.07, 6.45) is 0.174. The number of carbonyl (C=O) groups excluding carboxylic acids is 2. The maximum absolute atomic E-state index is 14.3. The summed E-state index contributed by atoms with van der Waals surface area (Å²) in [6, 6.07) is 17.2. The second-order valence-corrected chi connectivity index (χ2v) is 13.5. The number of hydrogen-bond donors (Lipinski definition) is 1. The number of carbonyl (C=O) groups is 2. The fourth-order valence-electron chi connectivity index (χ4n) is 6.02. The fourth-order valence-corrected chi connectivity index (χ4v) is 6.20. The Balaban J connectivity index is 1.49. The van der Waals surface area contributed by atoms with E-state index in [1.54, 1.807) is 42.3 Å². The molecule has 2 amide bonds. The quantitative estimate of drug-likeness (QED) is 0.254. The van der Waals surface area contributed by atoms with Gasteiger partial charge in [0.15, 0.2) is 11.5 Å². The van der Waals surface area contributed by atoms with Gasteiger partial charge in [0.25, 0.3) is 5.91 Å². The van der Waals surface area contributed by atoms with Gasteiger partial charge in [-0.1, -0.05) is 62.7 Å². The van der Waals surface area contributed by atoms with E-state index in [0.29, 0.717) is 52.1 Å². The predicted molar refractivity (Wildman–Crippen MR) is 177 cm³/mol. The van der Waals surface area contributed by atoms with Crippen molar-refractivity contribution in [1.82, 2.24) is 10.2 Å². The van der Waals surface area contributed by atoms with Crippen LogP contribution in [0.15, 0.2) is 60.7 Å². The summed E-state index contributed by atoms with van der Waals surface area (Å²) in [5, 5.41) is 3.23. The highest BCUT2D eigenvalue weighted by molar-refractivity contribution is 6.30. The van der Waals surface area contributed by atoms with Gasteiger partial charge in [0.1, 0.15) is 24.6 Å². The number of amides is 2. The first-order chi connectivity index (χ1) is 22.0. The number of anilines is 1. The summed E-state index contributed by atoms with van der Waals surface area (Å²) in [5.74, 6) is -0.153. The molecule has 0 bridgehead atoms. The Morgan fingerprint density at radius 1 is 1.07 bits per heavy atom. The van der Waals surface area contributed by atoms with E-state index >= 15 is 0 Å². The average Bonchev–Trinajstić information content (AvgIpc) is 3.51. The monoisotopic (exact) mass is 651 g/mol. The van der Waals surface area contributed by atoms with Gasteiger partial charge >= 0.3 is 0 Å². The molecule has 2 atom stereocenters. The van der Waals surface area contributed by atoms with Gasteiger partial charge in [-0.15, -0.1) is 0 Å². The van der Waals surface area contributed by atoms with Gasteiger partial charge in [-0.05, 0) is 61.7 Å². The molecule has 10 heteroatoms. The summed E-state index contributed by atoms with van der Waals surface area (Å²) < 4.78 is 33.0. The van der Waals surface area contributed by atoms with Crippen LogP contribution in [0.1, 0.15) is 62.8 Å². The molecule has 8 nitrogen and oxygen atoms in total. The molecule has 2 heterocycles. The largest absolute Gasteiger partial charge is 0.492 e. The SMILES string of the molecule is COc1c(OCCN2CCCC2)cccc1[C@@H]1O[C@@H](CC(=O)NCc2ccccc2F)C(=O)N(CC(C)(C)C)c2ccc(Cl)cc21. The van der Waals surface area contributed by atoms with E-state index in [2.05, 4.69) is 10.2 Å². The third-order valence-electron chi connectivity index (χ3n) is 8.20. The zero-order valence-electron chi connectivity index (χ0n) is 27.0. The highest BCUT2D eigenvalue weighted by atomic mass is 35.5. The lowest BCUT2D eigenvalue weighted by atomic mass is 9.94. The molecule has 3 aromatic carbocycles. The van der Waals surface area contributed by atoms with E-state index in [1.807, 2.05) is 45.0 Å². The molecule has 1 fully saturated rings. The number of benzene rings is 3. The lowest BCUT2D eigenvalue weighted by Gasteiger charge is -2.31. The van der Waals surface area contributed by atoms with Crippen molar-refractivity contribution in [2.75, 3.05) is 44.8 Å². The number of rotatable bonds is 11. The number of hydrogen-bond acceptors (Lipinski definition) is 6. The highest BCUT2D eigenvalue weighted by Gasteiger charge is 2.40. The van der Waals surface area contributed by atoms with Gasteiger partial charge in [0.05, 0.1) is 13.5 Å². The first-order valence-corrected chi connectivity index (χ1v) is 16.2. The summed E-state index contributed by atoms with van der Waals surface area (Å²) in [5.41, 5.74) is 2.04. The molecule has 1 saturated heterocycles. The topological polar surface area (TPSA) is 80.3 Å². The first-order valence-electron chi connectivity index (χ1n) is 15.8. The van der Waals surface area contributed by atoms with Crippen molar-refractivity contribution in [1.29, 1.82) is 0 Å². The Morgan fingerprint density at radius 2 is 1.83 bits per heavy atom. The zero-order valence-corrected chi connectivity index (χ0v) is 27.7. The van der Waals surface area contributed by atoms with Crippen LogP contribution in [0.2, 0.25) is 5.02 Å². The number of fused-ring (bicyclic) bond motifs is 1. The third kappa shape index (κ3) is 8.18. The second kappa shape index (κ2) is 14.8. The molecule has 0 spiro atoms. The van der Waals surface area contributed by atoms with Crippen molar-refractivity contribution in [3.63, 3.8) is 0 Å². The van der Waals surface area contributed by atoms with E-state index in [9.17, 15) is 14.0 Å². The van der Waals surface area contributed by atoms with E-state index in [-0.39, 0.29) is 24.3 Å². The summed E-state index contributed by atoms with van der Waals surface area (Å²) in [7, 11) is 1.58. The van der Waals surface area contributed by atoms with Crippen molar-refractivity contribution < 1.29 is 28.2 Å². The molecule has 1 N–H and O–H groups in total. The van der Waals surface area contributed by atoms with Gasteiger partial charge in [0, 0.05) is 47.0 Å². The van der Waals surface area contributed by atoms with Gasteiger partial charge in [-0.25, -0.2) is 4.39 Å². The van der Waals surface area contributed by atoms with Crippen molar-refractivity contribution in [3.05, 3.63) is 88.2 Å². The van der Waals surface area contributed by atoms with Crippen molar-refractivity contribution in [2.24, 2.45) is 5.41 Å². The minimum absolute atomic E-state index is 0.0119. The molecule has 0 radical (unpaired) electrons. The van der Waals surface area contributed by atoms with Crippen molar-refractivity contribution in [3.8, 4) is 11.5 Å². The predicted octanol–water partition coefficient (Wildman–Crippen LogP) is 6.54. The number of methoxy groups -OCH3 is 1. The van der Waals surface area contributed by atoms with Crippen molar-refractivity contribution in [2.45, 2.75) is 58.8 Å². The van der Waals surface area contributed by atoms with Crippen LogP contribution in [0.3, 0.4) is 0 Å². The Bertz CT molecular complexity index is 1540. The van der Waals surface area contributed by atoms with Gasteiger partial charge in [-0.3, -0.25) is 14.5 Å². The second-order valence-electron chi connectivity index (χ2n) is 13.0. The van der Waals surface area contributed by atoms with Crippen LogP contribution in [0.25, 0.3) is 0 Å². The van der Waals surface area contributed by atoms with Gasteiger partial charge in [-0.2, -0.15) is 0 Å². The maximum atomic E-state index is 14.3. The number of nitrogens with one attached hydrogen (secondary N) is 1. The summed E-state index contributed by atoms with van der Waals surface area (Å²) >= 11 is 6.55. The van der Waals surface area contributed by atoms with E-state index < -0.39 is 23.9 Å². The minimum Gasteiger partial charge on any atom is -0.492 e. The highest BCUT2D eigenvalue weighted by Crippen LogP contribution is 2.45. The minimum atomic E-state index is -1.15. The molecule has 3 aromatic rings. The maximum Gasteiger partial charge on any atom is 0.256 e. The van der Waals surface area contributed by atoms with Crippen LogP contribution < -0.4 is 19.7 Å². The Morgan fingerprint density at radius 3 is 2.54 bits per heavy atom. The van der Waals surface area contributed by atoms with Crippen LogP contribution in [-0.4, -0.2) is 62.7 Å². The molecule has 0 aromatic heterocycles. The summed E-state index contributed by atoms with van der Waals surface area (Å²) in [4.78, 5) is 31.6. The molecular formula is C36H43ClFN3O5. The Hall–Kier alpha value is -3.66. The number of para-hydroxylation sites is 1. The average molecular weight is 652 g/mol. The van der Waals surface area contributed by atoms with Gasteiger partial charge < -0.3 is 24.4 Å². The van der Waals surface area contributed by atoms with E-state index in [4.69, 9.17) is 25.8 Å². The smallest absolute Gasteiger partial charge is 0.256 e. The molecular weight excluding hydrogens is 609 g/mol. The molecule has 0 saturated carbocycles. The molecule has 0 aliphatic carbocycles. The van der Waals surface area contributed by atoms with E-state index in [1.165, 1.54) is 18.9 Å². The Kier molecular flexibility index (Phi) is 10.9. The zero-order chi connectivity index (χ0) is 32.8. The number of ether oxygens (including phenoxy) is 3. The normalized spacial score (nSPS) is 18.7. The van der Waals surface area contributed by atoms with Crippen LogP contribution in [0, 0.1) is 11.2 Å². The van der Waals surface area contributed by atoms with Gasteiger partial charge in [0.2, 0.25) is 5.91 Å². The van der Waals surface area contributed by atoms with Crippen LogP contribution in [-0.2, 0) is 20.9 Å². The van der Waals surface area contributed by atoms with Crippen LogP contribution in [0.5, 0.6) is 11.5 Å². The summed E-state index contributed by atoms with van der Waals surface area (Å²) in [6.45, 7) is 9.94. The number of likely N-dealkylation sites (tertiary alicyclic amines) is 1. The van der Waals surface area contributed by atoms with Crippen LogP contribution >= 0.6 is 11.6 Å². The molecule has 2 aliphatic heterocycles. The fraction of sp³-hybridized carbons (Fsp3) is 0.444. The molecule has 0 unspecified atom stereocenters. The standard InChI is InChI=1S/C36H43ClFN3O5/c1-36(2,3)23-41-29-15-14-25(37)20-27(29)33(26-11-9-13-30(34(26)44-4)45-19-18-40-16-7-8-17-40)46-31(35(41)43)21-32(42)39-22-24-10-5-6-12-28(24)38/h5-6,9-15,20,31,33H,7-8,16-19,21-23H2,1-4H3,(H,39,42)/t31-,33-/m0/s1. The third-order valence-corrected chi connectivity index (χ3v) is 8.44. The van der Waals surface area contributed by atoms with Crippen LogP contribution in [0.4, 0.5) is 10.1 Å². The van der Waals surface area contributed by atoms with Crippen molar-refractivity contribution >= 4 is 29.1 Å². The molecule has 246 valence electrons. The lowest BCUT2D eigenvalue weighted by molar-refractivity contribution is -0.138. The first kappa shape index (κ1) is 33.7. The Labute approximate surface area is 275 Å². The number of halogens is 2. The number of nitrogens with zero attached hydrogens (tertiary/aromatic N) is 2. The molecule has 46 heavy (non-hydrogen) atoms. The molecule has 2 aliphatic rings. The molecule has 5 rings (SSSR count).